The van der Waals surface area contributed by atoms with Crippen molar-refractivity contribution in [3.63, 3.8) is 0 Å². The summed E-state index contributed by atoms with van der Waals surface area (Å²) in [4.78, 5) is 21.6. The topological polar surface area (TPSA) is 90.7 Å². The molecule has 2 aromatic carbocycles. The summed E-state index contributed by atoms with van der Waals surface area (Å²) in [5, 5.41) is 15.0. The van der Waals surface area contributed by atoms with Crippen molar-refractivity contribution >= 4 is 17.4 Å². The molecule has 1 heterocycles. The maximum absolute atomic E-state index is 12.6. The van der Waals surface area contributed by atoms with Crippen LogP contribution in [-0.2, 0) is 0 Å². The van der Waals surface area contributed by atoms with E-state index in [1.165, 1.54) is 0 Å². The number of hydrogen-bond acceptors (Lipinski definition) is 5. The van der Waals surface area contributed by atoms with Crippen LogP contribution in [0.3, 0.4) is 0 Å². The molecular weight excluding hydrogens is 350 g/mol. The molecule has 3 aromatic rings. The van der Waals surface area contributed by atoms with Crippen LogP contribution >= 0.6 is 0 Å². The highest BCUT2D eigenvalue weighted by atomic mass is 16.1. The van der Waals surface area contributed by atoms with Crippen LogP contribution in [0.5, 0.6) is 0 Å². The molecule has 6 nitrogen and oxygen atoms in total. The van der Waals surface area contributed by atoms with Crippen LogP contribution in [0.1, 0.15) is 29.9 Å². The van der Waals surface area contributed by atoms with Gasteiger partial charge in [-0.15, -0.1) is 0 Å². The Morgan fingerprint density at radius 2 is 1.79 bits per heavy atom. The molecule has 0 atom stereocenters. The first-order valence-electron chi connectivity index (χ1n) is 9.05. The van der Waals surface area contributed by atoms with Crippen LogP contribution in [0.2, 0.25) is 0 Å². The van der Waals surface area contributed by atoms with Gasteiger partial charge in [-0.2, -0.15) is 5.26 Å². The van der Waals surface area contributed by atoms with E-state index in [0.29, 0.717) is 35.4 Å². The Balaban J connectivity index is 1.94. The van der Waals surface area contributed by atoms with Gasteiger partial charge in [0.05, 0.1) is 11.6 Å². The number of rotatable bonds is 6. The van der Waals surface area contributed by atoms with E-state index in [9.17, 15) is 4.79 Å². The second-order valence-electron chi connectivity index (χ2n) is 6.75. The predicted molar refractivity (Wildman–Crippen MR) is 109 cm³/mol. The number of benzene rings is 2. The number of amides is 1. The van der Waals surface area contributed by atoms with Gasteiger partial charge in [0.25, 0.3) is 5.91 Å². The number of nitrogens with zero attached hydrogens (tertiary/aromatic N) is 3. The van der Waals surface area contributed by atoms with Crippen molar-refractivity contribution in [1.29, 1.82) is 5.26 Å². The van der Waals surface area contributed by atoms with Gasteiger partial charge in [0.2, 0.25) is 0 Å². The van der Waals surface area contributed by atoms with E-state index in [4.69, 9.17) is 5.26 Å². The molecule has 1 amide bonds. The Morgan fingerprint density at radius 3 is 2.43 bits per heavy atom. The number of nitriles is 1. The first kappa shape index (κ1) is 19.1. The Morgan fingerprint density at radius 1 is 1.07 bits per heavy atom. The largest absolute Gasteiger partial charge is 0.350 e. The summed E-state index contributed by atoms with van der Waals surface area (Å²) in [6.45, 7) is 4.64. The highest BCUT2D eigenvalue weighted by Gasteiger charge is 2.13. The van der Waals surface area contributed by atoms with Crippen molar-refractivity contribution in [2.75, 3.05) is 11.9 Å². The molecule has 0 aliphatic rings. The van der Waals surface area contributed by atoms with Crippen LogP contribution in [-0.4, -0.2) is 22.4 Å². The first-order valence-corrected chi connectivity index (χ1v) is 9.05. The summed E-state index contributed by atoms with van der Waals surface area (Å²) in [5.74, 6) is 1.08. The lowest BCUT2D eigenvalue weighted by molar-refractivity contribution is 0.0944. The van der Waals surface area contributed by atoms with E-state index in [2.05, 4.69) is 26.7 Å². The highest BCUT2D eigenvalue weighted by Crippen LogP contribution is 2.21. The summed E-state index contributed by atoms with van der Waals surface area (Å²) in [5.41, 5.74) is 2.46. The third kappa shape index (κ3) is 4.92. The van der Waals surface area contributed by atoms with Crippen LogP contribution < -0.4 is 10.6 Å². The lowest BCUT2D eigenvalue weighted by atomic mass is 10.2. The summed E-state index contributed by atoms with van der Waals surface area (Å²) in [7, 11) is 0. The van der Waals surface area contributed by atoms with E-state index in [0.717, 1.165) is 11.3 Å². The van der Waals surface area contributed by atoms with Crippen molar-refractivity contribution in [3.8, 4) is 17.5 Å². The average molecular weight is 371 g/mol. The van der Waals surface area contributed by atoms with Crippen molar-refractivity contribution in [1.82, 2.24) is 15.3 Å². The van der Waals surface area contributed by atoms with Gasteiger partial charge in [-0.05, 0) is 30.2 Å². The number of aromatic nitrogens is 2. The number of nitrogens with one attached hydrogen (secondary N) is 2. The monoisotopic (exact) mass is 371 g/mol. The van der Waals surface area contributed by atoms with Crippen molar-refractivity contribution in [2.45, 2.75) is 13.8 Å². The quantitative estimate of drug-likeness (QED) is 0.679. The van der Waals surface area contributed by atoms with Gasteiger partial charge in [0.1, 0.15) is 11.5 Å². The minimum atomic E-state index is -0.240. The fourth-order valence-electron chi connectivity index (χ4n) is 2.51. The zero-order chi connectivity index (χ0) is 19.9. The first-order chi connectivity index (χ1) is 13.5. The summed E-state index contributed by atoms with van der Waals surface area (Å²) < 4.78 is 0. The molecule has 28 heavy (non-hydrogen) atoms. The molecule has 3 rings (SSSR count). The van der Waals surface area contributed by atoms with Crippen molar-refractivity contribution in [3.05, 3.63) is 71.9 Å². The van der Waals surface area contributed by atoms with Gasteiger partial charge in [-0.3, -0.25) is 4.79 Å². The fourth-order valence-corrected chi connectivity index (χ4v) is 2.51. The van der Waals surface area contributed by atoms with E-state index >= 15 is 0 Å². The molecule has 0 radical (unpaired) electrons. The molecule has 0 fully saturated rings. The second kappa shape index (κ2) is 8.78. The Hall–Kier alpha value is -3.72. The third-order valence-corrected chi connectivity index (χ3v) is 3.95. The summed E-state index contributed by atoms with van der Waals surface area (Å²) >= 11 is 0. The predicted octanol–water partition coefficient (Wildman–Crippen LogP) is 4.14. The molecule has 0 bridgehead atoms. The number of carbonyl (C=O) groups is 1. The number of anilines is 2. The maximum atomic E-state index is 12.6. The van der Waals surface area contributed by atoms with Gasteiger partial charge >= 0.3 is 0 Å². The molecule has 0 aliphatic carbocycles. The van der Waals surface area contributed by atoms with Crippen LogP contribution in [0.25, 0.3) is 11.4 Å². The Kier molecular flexibility index (Phi) is 5.97. The van der Waals surface area contributed by atoms with Gasteiger partial charge in [-0.25, -0.2) is 9.97 Å². The van der Waals surface area contributed by atoms with E-state index in [1.54, 1.807) is 30.3 Å². The highest BCUT2D eigenvalue weighted by molar-refractivity contribution is 5.93. The van der Waals surface area contributed by atoms with E-state index in [-0.39, 0.29) is 5.91 Å². The lowest BCUT2D eigenvalue weighted by Gasteiger charge is -2.11. The molecule has 0 saturated heterocycles. The molecule has 140 valence electrons. The Labute approximate surface area is 164 Å². The molecule has 0 spiro atoms. The van der Waals surface area contributed by atoms with Gasteiger partial charge < -0.3 is 10.6 Å². The second-order valence-corrected chi connectivity index (χ2v) is 6.75. The van der Waals surface area contributed by atoms with Crippen molar-refractivity contribution in [2.24, 2.45) is 5.92 Å². The molecular formula is C22H21N5O. The SMILES string of the molecule is CC(C)CNC(=O)c1cc(Nc2ccc(C#N)cc2)nc(-c2ccccc2)n1. The maximum Gasteiger partial charge on any atom is 0.270 e. The summed E-state index contributed by atoms with van der Waals surface area (Å²) in [6, 6.07) is 20.3. The smallest absolute Gasteiger partial charge is 0.270 e. The third-order valence-electron chi connectivity index (χ3n) is 3.95. The average Bonchev–Trinajstić information content (AvgIpc) is 2.73. The molecule has 0 aliphatic heterocycles. The molecule has 6 heteroatoms. The van der Waals surface area contributed by atoms with E-state index < -0.39 is 0 Å². The van der Waals surface area contributed by atoms with Crippen molar-refractivity contribution < 1.29 is 4.79 Å². The summed E-state index contributed by atoms with van der Waals surface area (Å²) in [6.07, 6.45) is 0. The minimum absolute atomic E-state index is 0.240. The zero-order valence-corrected chi connectivity index (χ0v) is 15.8. The normalized spacial score (nSPS) is 10.4. The minimum Gasteiger partial charge on any atom is -0.350 e. The van der Waals surface area contributed by atoms with Gasteiger partial charge in [-0.1, -0.05) is 44.2 Å². The lowest BCUT2D eigenvalue weighted by Crippen LogP contribution is -2.28. The van der Waals surface area contributed by atoms with Crippen LogP contribution in [0.15, 0.2) is 60.7 Å². The molecule has 1 aromatic heterocycles. The fraction of sp³-hybridized carbons (Fsp3) is 0.182. The molecule has 0 unspecified atom stereocenters. The molecule has 2 N–H and O–H groups in total. The number of hydrogen-bond donors (Lipinski definition) is 2. The zero-order valence-electron chi connectivity index (χ0n) is 15.8. The number of carbonyl (C=O) groups excluding carboxylic acids is 1. The van der Waals surface area contributed by atoms with Crippen LogP contribution in [0.4, 0.5) is 11.5 Å². The standard InChI is InChI=1S/C22H21N5O/c1-15(2)14-24-22(28)19-12-20(25-18-10-8-16(13-23)9-11-18)27-21(26-19)17-6-4-3-5-7-17/h3-12,15H,14H2,1-2H3,(H,24,28)(H,25,26,27). The van der Waals surface area contributed by atoms with Crippen LogP contribution in [0, 0.1) is 17.2 Å². The van der Waals surface area contributed by atoms with Gasteiger partial charge in [0, 0.05) is 23.9 Å². The van der Waals surface area contributed by atoms with E-state index in [1.807, 2.05) is 44.2 Å². The molecule has 0 saturated carbocycles. The Bertz CT molecular complexity index is 992. The van der Waals surface area contributed by atoms with Gasteiger partial charge in [0.15, 0.2) is 5.82 Å².